The Morgan fingerprint density at radius 3 is 2.59 bits per heavy atom. The first-order valence-electron chi connectivity index (χ1n) is 10.2. The van der Waals surface area contributed by atoms with E-state index in [1.54, 1.807) is 6.20 Å². The van der Waals surface area contributed by atoms with Crippen LogP contribution >= 0.6 is 0 Å². The number of hydrogen-bond donors (Lipinski definition) is 1. The molecule has 0 unspecified atom stereocenters. The summed E-state index contributed by atoms with van der Waals surface area (Å²) >= 11 is 0. The van der Waals surface area contributed by atoms with Gasteiger partial charge in [-0.25, -0.2) is 9.97 Å². The molecule has 0 saturated carbocycles. The Bertz CT molecular complexity index is 1140. The summed E-state index contributed by atoms with van der Waals surface area (Å²) in [4.78, 5) is 15.2. The molecule has 0 spiro atoms. The van der Waals surface area contributed by atoms with Gasteiger partial charge in [-0.15, -0.1) is 0 Å². The number of benzene rings is 1. The summed E-state index contributed by atoms with van der Waals surface area (Å²) in [6, 6.07) is 21.0. The van der Waals surface area contributed by atoms with Crippen LogP contribution in [-0.4, -0.2) is 33.6 Å². The molecule has 1 aliphatic heterocycles. The van der Waals surface area contributed by atoms with Gasteiger partial charge in [0.1, 0.15) is 11.9 Å². The average Bonchev–Trinajstić information content (AvgIpc) is 3.16. The number of para-hydroxylation sites is 1. The number of pyridine rings is 2. The van der Waals surface area contributed by atoms with Crippen molar-refractivity contribution in [3.8, 4) is 5.88 Å². The van der Waals surface area contributed by atoms with Gasteiger partial charge in [-0.2, -0.15) is 0 Å². The lowest BCUT2D eigenvalue weighted by atomic mass is 9.76. The van der Waals surface area contributed by atoms with E-state index in [-0.39, 0.29) is 6.10 Å². The van der Waals surface area contributed by atoms with Crippen molar-refractivity contribution in [3.05, 3.63) is 84.3 Å². The molecular formula is C24H22N4O. The Kier molecular flexibility index (Phi) is 3.79. The standard InChI is InChI=1S/C24H22N4O/c1-2-8-20-17(7-1)18-13-16-14-19(24(18)27-20)21(29-23-10-4-6-12-26-23)15-28(16)22-9-3-5-11-25-22/h1-12,16,19,21,27H,13-15H2/t16-,19+,21-/m0/s1. The van der Waals surface area contributed by atoms with Crippen molar-refractivity contribution < 1.29 is 4.74 Å². The fourth-order valence-electron chi connectivity index (χ4n) is 5.03. The highest BCUT2D eigenvalue weighted by Crippen LogP contribution is 2.44. The van der Waals surface area contributed by atoms with Crippen LogP contribution in [-0.2, 0) is 6.42 Å². The van der Waals surface area contributed by atoms with Gasteiger partial charge >= 0.3 is 0 Å². The fourth-order valence-corrected chi connectivity index (χ4v) is 5.03. The lowest BCUT2D eigenvalue weighted by Gasteiger charge is -2.47. The SMILES string of the molecule is c1ccc(O[C@H]2CN(c3ccccn3)[C@H]3Cc4c([nH]c5ccccc45)[C@@H]2C3)nc1. The van der Waals surface area contributed by atoms with Gasteiger partial charge < -0.3 is 14.6 Å². The molecule has 1 fully saturated rings. The van der Waals surface area contributed by atoms with Crippen molar-refractivity contribution in [3.63, 3.8) is 0 Å². The summed E-state index contributed by atoms with van der Waals surface area (Å²) in [5.74, 6) is 2.02. The molecule has 4 heterocycles. The van der Waals surface area contributed by atoms with E-state index in [4.69, 9.17) is 4.74 Å². The minimum absolute atomic E-state index is 0.00951. The third-order valence-electron chi connectivity index (χ3n) is 6.30. The molecule has 5 heteroatoms. The number of H-pyrrole nitrogens is 1. The number of hydrogen-bond acceptors (Lipinski definition) is 4. The molecule has 4 aromatic rings. The van der Waals surface area contributed by atoms with Gasteiger partial charge in [0.25, 0.3) is 0 Å². The minimum atomic E-state index is 0.00951. The molecule has 1 N–H and O–H groups in total. The van der Waals surface area contributed by atoms with Crippen LogP contribution in [0.3, 0.4) is 0 Å². The third kappa shape index (κ3) is 2.77. The van der Waals surface area contributed by atoms with Crippen LogP contribution in [0.2, 0.25) is 0 Å². The molecule has 2 aliphatic rings. The Morgan fingerprint density at radius 1 is 0.931 bits per heavy atom. The number of piperidine rings is 1. The van der Waals surface area contributed by atoms with Crippen LogP contribution in [0.5, 0.6) is 5.88 Å². The van der Waals surface area contributed by atoms with Crippen molar-refractivity contribution in [1.82, 2.24) is 15.0 Å². The van der Waals surface area contributed by atoms with Gasteiger partial charge in [0, 0.05) is 47.0 Å². The quantitative estimate of drug-likeness (QED) is 0.573. The maximum Gasteiger partial charge on any atom is 0.213 e. The van der Waals surface area contributed by atoms with Gasteiger partial charge in [0.15, 0.2) is 0 Å². The first kappa shape index (κ1) is 16.6. The Morgan fingerprint density at radius 2 is 1.76 bits per heavy atom. The van der Waals surface area contributed by atoms with E-state index in [2.05, 4.69) is 56.3 Å². The first-order valence-corrected chi connectivity index (χ1v) is 10.2. The lowest BCUT2D eigenvalue weighted by Crippen LogP contribution is -2.54. The number of ether oxygens (including phenoxy) is 1. The number of rotatable bonds is 3. The molecule has 1 aromatic carbocycles. The van der Waals surface area contributed by atoms with E-state index in [1.165, 1.54) is 22.2 Å². The zero-order valence-electron chi connectivity index (χ0n) is 16.0. The molecule has 1 saturated heterocycles. The molecule has 3 atom stereocenters. The van der Waals surface area contributed by atoms with Gasteiger partial charge in [-0.1, -0.05) is 30.3 Å². The van der Waals surface area contributed by atoms with Gasteiger partial charge in [0.05, 0.1) is 6.54 Å². The summed E-state index contributed by atoms with van der Waals surface area (Å²) in [5, 5.41) is 1.33. The highest BCUT2D eigenvalue weighted by molar-refractivity contribution is 5.85. The molecular weight excluding hydrogens is 360 g/mol. The van der Waals surface area contributed by atoms with Crippen molar-refractivity contribution >= 4 is 16.7 Å². The number of anilines is 1. The van der Waals surface area contributed by atoms with Crippen LogP contribution in [0.25, 0.3) is 10.9 Å². The lowest BCUT2D eigenvalue weighted by molar-refractivity contribution is 0.127. The molecule has 6 rings (SSSR count). The monoisotopic (exact) mass is 382 g/mol. The Balaban J connectivity index is 1.45. The predicted octanol–water partition coefficient (Wildman–Crippen LogP) is 4.32. The zero-order chi connectivity index (χ0) is 19.2. The van der Waals surface area contributed by atoms with Gasteiger partial charge in [0.2, 0.25) is 5.88 Å². The third-order valence-corrected chi connectivity index (χ3v) is 6.30. The molecule has 2 bridgehead atoms. The summed E-state index contributed by atoms with van der Waals surface area (Å²) in [7, 11) is 0. The smallest absolute Gasteiger partial charge is 0.213 e. The summed E-state index contributed by atoms with van der Waals surface area (Å²) in [6.07, 6.45) is 5.74. The van der Waals surface area contributed by atoms with Crippen molar-refractivity contribution in [2.45, 2.75) is 30.9 Å². The molecule has 144 valence electrons. The van der Waals surface area contributed by atoms with Crippen LogP contribution in [0.4, 0.5) is 5.82 Å². The number of nitrogens with one attached hydrogen (secondary N) is 1. The Hall–Kier alpha value is -3.34. The van der Waals surface area contributed by atoms with E-state index in [9.17, 15) is 0 Å². The van der Waals surface area contributed by atoms with E-state index in [0.29, 0.717) is 17.8 Å². The second-order valence-electron chi connectivity index (χ2n) is 7.93. The van der Waals surface area contributed by atoms with Crippen LogP contribution in [0.1, 0.15) is 23.6 Å². The van der Waals surface area contributed by atoms with Crippen molar-refractivity contribution in [2.75, 3.05) is 11.4 Å². The predicted molar refractivity (Wildman–Crippen MR) is 113 cm³/mol. The second kappa shape index (κ2) is 6.62. The Labute approximate surface area is 169 Å². The maximum atomic E-state index is 6.45. The average molecular weight is 382 g/mol. The number of fused-ring (bicyclic) bond motifs is 6. The van der Waals surface area contributed by atoms with Crippen LogP contribution in [0.15, 0.2) is 73.1 Å². The summed E-state index contributed by atoms with van der Waals surface area (Å²) in [5.41, 5.74) is 3.98. The largest absolute Gasteiger partial charge is 0.472 e. The van der Waals surface area contributed by atoms with E-state index in [1.807, 2.05) is 30.5 Å². The van der Waals surface area contributed by atoms with Crippen LogP contribution in [0, 0.1) is 0 Å². The van der Waals surface area contributed by atoms with E-state index >= 15 is 0 Å². The number of aromatic amines is 1. The van der Waals surface area contributed by atoms with Gasteiger partial charge in [-0.05, 0) is 42.7 Å². The van der Waals surface area contributed by atoms with Crippen molar-refractivity contribution in [2.24, 2.45) is 0 Å². The first-order chi connectivity index (χ1) is 14.4. The van der Waals surface area contributed by atoms with Crippen LogP contribution < -0.4 is 9.64 Å². The minimum Gasteiger partial charge on any atom is -0.472 e. The molecule has 3 aromatic heterocycles. The fraction of sp³-hybridized carbons (Fsp3) is 0.250. The van der Waals surface area contributed by atoms with E-state index in [0.717, 1.165) is 25.2 Å². The molecule has 29 heavy (non-hydrogen) atoms. The zero-order valence-corrected chi connectivity index (χ0v) is 16.0. The number of aromatic nitrogens is 3. The summed E-state index contributed by atoms with van der Waals surface area (Å²) in [6.45, 7) is 0.803. The van der Waals surface area contributed by atoms with Gasteiger partial charge in [-0.3, -0.25) is 0 Å². The topological polar surface area (TPSA) is 54.0 Å². The normalized spacial score (nSPS) is 23.0. The second-order valence-corrected chi connectivity index (χ2v) is 7.93. The molecule has 1 aliphatic carbocycles. The number of nitrogens with zero attached hydrogens (tertiary/aromatic N) is 3. The molecule has 5 nitrogen and oxygen atoms in total. The highest BCUT2D eigenvalue weighted by atomic mass is 16.5. The molecule has 0 amide bonds. The summed E-state index contributed by atoms with van der Waals surface area (Å²) < 4.78 is 6.45. The van der Waals surface area contributed by atoms with E-state index < -0.39 is 0 Å². The van der Waals surface area contributed by atoms with Crippen molar-refractivity contribution in [1.29, 1.82) is 0 Å². The maximum absolute atomic E-state index is 6.45. The molecule has 0 radical (unpaired) electrons. The highest BCUT2D eigenvalue weighted by Gasteiger charge is 2.44.